The summed E-state index contributed by atoms with van der Waals surface area (Å²) in [4.78, 5) is 26.5. The molecule has 2 fully saturated rings. The second kappa shape index (κ2) is 7.85. The van der Waals surface area contributed by atoms with E-state index in [1.54, 1.807) is 28.8 Å². The molecule has 1 unspecified atom stereocenters. The molecule has 2 saturated heterocycles. The first-order valence-corrected chi connectivity index (χ1v) is 8.33. The SMILES string of the molecule is Cl.O=C(NCC1CNC1)C1CSCN1C(=O)c1ccccc1. The maximum Gasteiger partial charge on any atom is 0.255 e. The van der Waals surface area contributed by atoms with Crippen molar-refractivity contribution in [3.05, 3.63) is 35.9 Å². The normalized spacial score (nSPS) is 20.9. The summed E-state index contributed by atoms with van der Waals surface area (Å²) in [6.07, 6.45) is 0. The van der Waals surface area contributed by atoms with Gasteiger partial charge in [0, 0.05) is 36.9 Å². The summed E-state index contributed by atoms with van der Waals surface area (Å²) in [6, 6.07) is 8.80. The lowest BCUT2D eigenvalue weighted by Crippen LogP contribution is -2.52. The Morgan fingerprint density at radius 2 is 2.00 bits per heavy atom. The van der Waals surface area contributed by atoms with Gasteiger partial charge in [0.1, 0.15) is 6.04 Å². The first-order valence-electron chi connectivity index (χ1n) is 7.18. The van der Waals surface area contributed by atoms with Crippen molar-refractivity contribution in [2.45, 2.75) is 6.04 Å². The summed E-state index contributed by atoms with van der Waals surface area (Å²) in [5, 5.41) is 6.16. The summed E-state index contributed by atoms with van der Waals surface area (Å²) in [7, 11) is 0. The van der Waals surface area contributed by atoms with Crippen LogP contribution < -0.4 is 10.6 Å². The molecule has 22 heavy (non-hydrogen) atoms. The summed E-state index contributed by atoms with van der Waals surface area (Å²) in [5.74, 6) is 1.69. The van der Waals surface area contributed by atoms with Crippen LogP contribution in [0.3, 0.4) is 0 Å². The van der Waals surface area contributed by atoms with Gasteiger partial charge in [0.2, 0.25) is 5.91 Å². The van der Waals surface area contributed by atoms with Crippen LogP contribution in [-0.2, 0) is 4.79 Å². The van der Waals surface area contributed by atoms with E-state index in [9.17, 15) is 9.59 Å². The highest BCUT2D eigenvalue weighted by Gasteiger charge is 2.35. The first-order chi connectivity index (χ1) is 10.3. The van der Waals surface area contributed by atoms with Crippen LogP contribution in [0.1, 0.15) is 10.4 Å². The average Bonchev–Trinajstić information content (AvgIpc) is 2.95. The summed E-state index contributed by atoms with van der Waals surface area (Å²) in [5.41, 5.74) is 0.640. The fourth-order valence-corrected chi connectivity index (χ4v) is 3.62. The molecule has 0 aromatic heterocycles. The molecule has 5 nitrogen and oxygen atoms in total. The van der Waals surface area contributed by atoms with Crippen LogP contribution in [0, 0.1) is 5.92 Å². The molecule has 0 saturated carbocycles. The number of nitrogens with one attached hydrogen (secondary N) is 2. The third-order valence-corrected chi connectivity index (χ3v) is 4.91. The van der Waals surface area contributed by atoms with Crippen molar-refractivity contribution in [2.24, 2.45) is 5.92 Å². The Morgan fingerprint density at radius 3 is 2.64 bits per heavy atom. The van der Waals surface area contributed by atoms with E-state index in [0.29, 0.717) is 29.7 Å². The Kier molecular flexibility index (Phi) is 6.11. The van der Waals surface area contributed by atoms with E-state index in [2.05, 4.69) is 10.6 Å². The number of carbonyl (C=O) groups excluding carboxylic acids is 2. The molecule has 1 aromatic rings. The zero-order valence-corrected chi connectivity index (χ0v) is 13.8. The maximum absolute atomic E-state index is 12.5. The monoisotopic (exact) mass is 341 g/mol. The lowest BCUT2D eigenvalue weighted by Gasteiger charge is -2.29. The van der Waals surface area contributed by atoms with E-state index in [1.165, 1.54) is 0 Å². The van der Waals surface area contributed by atoms with Crippen molar-refractivity contribution in [1.82, 2.24) is 15.5 Å². The molecule has 0 bridgehead atoms. The summed E-state index contributed by atoms with van der Waals surface area (Å²) in [6.45, 7) is 2.62. The first kappa shape index (κ1) is 17.1. The second-order valence-electron chi connectivity index (χ2n) is 5.43. The molecule has 2 aliphatic heterocycles. The van der Waals surface area contributed by atoms with Crippen molar-refractivity contribution in [2.75, 3.05) is 31.3 Å². The molecule has 1 aromatic carbocycles. The zero-order valence-electron chi connectivity index (χ0n) is 12.2. The minimum atomic E-state index is -0.351. The molecule has 3 rings (SSSR count). The minimum Gasteiger partial charge on any atom is -0.354 e. The molecule has 7 heteroatoms. The molecule has 2 heterocycles. The highest BCUT2D eigenvalue weighted by atomic mass is 35.5. The highest BCUT2D eigenvalue weighted by molar-refractivity contribution is 7.99. The predicted molar refractivity (Wildman–Crippen MR) is 90.3 cm³/mol. The van der Waals surface area contributed by atoms with E-state index < -0.39 is 0 Å². The van der Waals surface area contributed by atoms with Crippen molar-refractivity contribution in [3.8, 4) is 0 Å². The number of hydrogen-bond donors (Lipinski definition) is 2. The zero-order chi connectivity index (χ0) is 14.7. The van der Waals surface area contributed by atoms with Gasteiger partial charge in [-0.2, -0.15) is 0 Å². The molecular formula is C15H20ClN3O2S. The number of halogens is 1. The van der Waals surface area contributed by atoms with Gasteiger partial charge in [-0.1, -0.05) is 18.2 Å². The third-order valence-electron chi connectivity index (χ3n) is 3.90. The number of carbonyl (C=O) groups is 2. The molecular weight excluding hydrogens is 322 g/mol. The second-order valence-corrected chi connectivity index (χ2v) is 6.43. The van der Waals surface area contributed by atoms with Crippen LogP contribution in [0.4, 0.5) is 0 Å². The van der Waals surface area contributed by atoms with E-state index in [4.69, 9.17) is 0 Å². The molecule has 2 amide bonds. The van der Waals surface area contributed by atoms with Gasteiger partial charge in [-0.15, -0.1) is 24.2 Å². The van der Waals surface area contributed by atoms with Gasteiger partial charge in [0.25, 0.3) is 5.91 Å². The van der Waals surface area contributed by atoms with Crippen molar-refractivity contribution < 1.29 is 9.59 Å². The standard InChI is InChI=1S/C15H19N3O2S.ClH/c19-14(17-8-11-6-16-7-11)13-9-21-10-18(13)15(20)12-4-2-1-3-5-12;/h1-5,11,13,16H,6-10H2,(H,17,19);1H. The van der Waals surface area contributed by atoms with Crippen molar-refractivity contribution in [1.29, 1.82) is 0 Å². The largest absolute Gasteiger partial charge is 0.354 e. The fourth-order valence-electron chi connectivity index (χ4n) is 2.46. The van der Waals surface area contributed by atoms with Crippen LogP contribution in [0.25, 0.3) is 0 Å². The number of hydrogen-bond acceptors (Lipinski definition) is 4. The number of amides is 2. The number of nitrogens with zero attached hydrogens (tertiary/aromatic N) is 1. The molecule has 0 spiro atoms. The molecule has 2 N–H and O–H groups in total. The van der Waals surface area contributed by atoms with Crippen LogP contribution in [0.5, 0.6) is 0 Å². The lowest BCUT2D eigenvalue weighted by molar-refractivity contribution is -0.124. The topological polar surface area (TPSA) is 61.4 Å². The van der Waals surface area contributed by atoms with E-state index in [0.717, 1.165) is 13.1 Å². The van der Waals surface area contributed by atoms with Gasteiger partial charge in [0.05, 0.1) is 5.88 Å². The lowest BCUT2D eigenvalue weighted by atomic mass is 10.0. The van der Waals surface area contributed by atoms with Gasteiger partial charge >= 0.3 is 0 Å². The molecule has 0 aliphatic carbocycles. The Bertz CT molecular complexity index is 525. The Morgan fingerprint density at radius 1 is 1.27 bits per heavy atom. The van der Waals surface area contributed by atoms with Crippen LogP contribution in [0.15, 0.2) is 30.3 Å². The van der Waals surface area contributed by atoms with Crippen LogP contribution in [-0.4, -0.2) is 54.0 Å². The average molecular weight is 342 g/mol. The molecule has 120 valence electrons. The highest BCUT2D eigenvalue weighted by Crippen LogP contribution is 2.23. The minimum absolute atomic E-state index is 0. The van der Waals surface area contributed by atoms with Crippen LogP contribution >= 0.6 is 24.2 Å². The third kappa shape index (κ3) is 3.74. The van der Waals surface area contributed by atoms with Gasteiger partial charge in [-0.3, -0.25) is 9.59 Å². The smallest absolute Gasteiger partial charge is 0.255 e. The molecule has 2 aliphatic rings. The Labute approximate surface area is 140 Å². The van der Waals surface area contributed by atoms with Crippen LogP contribution in [0.2, 0.25) is 0 Å². The van der Waals surface area contributed by atoms with Gasteiger partial charge in [0.15, 0.2) is 0 Å². The Hall–Kier alpha value is -1.24. The Balaban J connectivity index is 0.00000176. The number of rotatable bonds is 4. The van der Waals surface area contributed by atoms with E-state index in [1.807, 2.05) is 18.2 Å². The number of thioether (sulfide) groups is 1. The van der Waals surface area contributed by atoms with Gasteiger partial charge in [-0.05, 0) is 12.1 Å². The number of benzene rings is 1. The molecule has 1 atom stereocenters. The maximum atomic E-state index is 12.5. The van der Waals surface area contributed by atoms with Crippen molar-refractivity contribution >= 4 is 36.0 Å². The van der Waals surface area contributed by atoms with Gasteiger partial charge in [-0.25, -0.2) is 0 Å². The molecule has 0 radical (unpaired) electrons. The fraction of sp³-hybridized carbons (Fsp3) is 0.467. The predicted octanol–water partition coefficient (Wildman–Crippen LogP) is 0.959. The van der Waals surface area contributed by atoms with E-state index >= 15 is 0 Å². The van der Waals surface area contributed by atoms with Gasteiger partial charge < -0.3 is 15.5 Å². The summed E-state index contributed by atoms with van der Waals surface area (Å²) >= 11 is 1.63. The van der Waals surface area contributed by atoms with E-state index in [-0.39, 0.29) is 30.3 Å². The quantitative estimate of drug-likeness (QED) is 0.856. The van der Waals surface area contributed by atoms with Crippen molar-refractivity contribution in [3.63, 3.8) is 0 Å². The summed E-state index contributed by atoms with van der Waals surface area (Å²) < 4.78 is 0.